The van der Waals surface area contributed by atoms with Crippen LogP contribution in [0.15, 0.2) is 0 Å². The van der Waals surface area contributed by atoms with Gasteiger partial charge in [-0.3, -0.25) is 9.59 Å². The molecule has 0 saturated carbocycles. The second-order valence-electron chi connectivity index (χ2n) is 3.79. The highest BCUT2D eigenvalue weighted by Crippen LogP contribution is 2.01. The van der Waals surface area contributed by atoms with E-state index in [-0.39, 0.29) is 24.4 Å². The van der Waals surface area contributed by atoms with Crippen molar-refractivity contribution in [3.63, 3.8) is 0 Å². The maximum Gasteiger partial charge on any atom is 0.239 e. The van der Waals surface area contributed by atoms with Crippen molar-refractivity contribution in [1.82, 2.24) is 10.2 Å². The van der Waals surface area contributed by atoms with Gasteiger partial charge in [-0.15, -0.1) is 0 Å². The number of carbonyl (C=O) groups is 2. The average molecular weight is 215 g/mol. The molecule has 0 radical (unpaired) electrons. The Morgan fingerprint density at radius 3 is 2.53 bits per heavy atom. The molecule has 0 bridgehead atoms. The number of carbonyl (C=O) groups excluding carboxylic acids is 2. The zero-order valence-electron chi connectivity index (χ0n) is 9.75. The molecule has 0 saturated heterocycles. The fourth-order valence-electron chi connectivity index (χ4n) is 1.15. The molecule has 0 aromatic carbocycles. The first kappa shape index (κ1) is 13.9. The fourth-order valence-corrected chi connectivity index (χ4v) is 1.15. The quantitative estimate of drug-likeness (QED) is 0.639. The molecule has 0 aliphatic rings. The first-order chi connectivity index (χ1) is 6.97. The average Bonchev–Trinajstić information content (AvgIpc) is 2.16. The molecule has 0 fully saturated rings. The summed E-state index contributed by atoms with van der Waals surface area (Å²) in [5, 5.41) is 2.47. The van der Waals surface area contributed by atoms with Crippen molar-refractivity contribution in [3.05, 3.63) is 0 Å². The summed E-state index contributed by atoms with van der Waals surface area (Å²) < 4.78 is 0. The van der Waals surface area contributed by atoms with E-state index in [0.29, 0.717) is 6.42 Å². The SMILES string of the molecule is CNC(=O)CN(C)C(=O)CCCC(C)N. The fraction of sp³-hybridized carbons (Fsp3) is 0.800. The Balaban J connectivity index is 3.74. The molecule has 3 N–H and O–H groups in total. The zero-order valence-corrected chi connectivity index (χ0v) is 9.75. The Morgan fingerprint density at radius 1 is 1.47 bits per heavy atom. The van der Waals surface area contributed by atoms with Crippen molar-refractivity contribution >= 4 is 11.8 Å². The third-order valence-electron chi connectivity index (χ3n) is 2.14. The highest BCUT2D eigenvalue weighted by molar-refractivity contribution is 5.84. The summed E-state index contributed by atoms with van der Waals surface area (Å²) in [7, 11) is 3.18. The number of rotatable bonds is 6. The molecule has 5 heteroatoms. The van der Waals surface area contributed by atoms with E-state index in [9.17, 15) is 9.59 Å². The van der Waals surface area contributed by atoms with Crippen molar-refractivity contribution in [3.8, 4) is 0 Å². The van der Waals surface area contributed by atoms with E-state index in [1.807, 2.05) is 6.92 Å². The molecular formula is C10H21N3O2. The molecule has 0 spiro atoms. The molecule has 2 amide bonds. The lowest BCUT2D eigenvalue weighted by molar-refractivity contribution is -0.134. The molecule has 0 rings (SSSR count). The number of nitrogens with zero attached hydrogens (tertiary/aromatic N) is 1. The van der Waals surface area contributed by atoms with Crippen LogP contribution in [0.25, 0.3) is 0 Å². The minimum atomic E-state index is -0.155. The summed E-state index contributed by atoms with van der Waals surface area (Å²) in [6.07, 6.45) is 2.06. The van der Waals surface area contributed by atoms with Gasteiger partial charge in [-0.05, 0) is 19.8 Å². The zero-order chi connectivity index (χ0) is 11.8. The number of nitrogens with two attached hydrogens (primary N) is 1. The van der Waals surface area contributed by atoms with Gasteiger partial charge >= 0.3 is 0 Å². The van der Waals surface area contributed by atoms with Gasteiger partial charge in [-0.1, -0.05) is 0 Å². The molecule has 0 aromatic rings. The van der Waals surface area contributed by atoms with Gasteiger partial charge in [0.05, 0.1) is 6.54 Å². The molecule has 0 aromatic heterocycles. The molecule has 0 aliphatic heterocycles. The Morgan fingerprint density at radius 2 is 2.07 bits per heavy atom. The highest BCUT2D eigenvalue weighted by atomic mass is 16.2. The third-order valence-corrected chi connectivity index (χ3v) is 2.14. The monoisotopic (exact) mass is 215 g/mol. The smallest absolute Gasteiger partial charge is 0.239 e. The van der Waals surface area contributed by atoms with Gasteiger partial charge in [-0.2, -0.15) is 0 Å². The molecule has 15 heavy (non-hydrogen) atoms. The van der Waals surface area contributed by atoms with Crippen LogP contribution in [0.5, 0.6) is 0 Å². The molecule has 1 unspecified atom stereocenters. The molecule has 1 atom stereocenters. The van der Waals surface area contributed by atoms with Crippen LogP contribution in [0.3, 0.4) is 0 Å². The van der Waals surface area contributed by atoms with E-state index < -0.39 is 0 Å². The Bertz CT molecular complexity index is 217. The van der Waals surface area contributed by atoms with E-state index >= 15 is 0 Å². The maximum absolute atomic E-state index is 11.5. The van der Waals surface area contributed by atoms with Crippen LogP contribution in [0.2, 0.25) is 0 Å². The second kappa shape index (κ2) is 7.23. The summed E-state index contributed by atoms with van der Waals surface area (Å²) in [5.41, 5.74) is 5.57. The van der Waals surface area contributed by atoms with Crippen LogP contribution < -0.4 is 11.1 Å². The van der Waals surface area contributed by atoms with Gasteiger partial charge in [0.25, 0.3) is 0 Å². The predicted molar refractivity (Wildman–Crippen MR) is 59.2 cm³/mol. The highest BCUT2D eigenvalue weighted by Gasteiger charge is 2.11. The third kappa shape index (κ3) is 6.90. The number of hydrogen-bond donors (Lipinski definition) is 2. The Kier molecular flexibility index (Phi) is 6.70. The van der Waals surface area contributed by atoms with E-state index in [1.165, 1.54) is 4.90 Å². The van der Waals surface area contributed by atoms with Gasteiger partial charge in [0.2, 0.25) is 11.8 Å². The number of likely N-dealkylation sites (N-methyl/N-ethyl adjacent to an activating group) is 2. The van der Waals surface area contributed by atoms with Crippen molar-refractivity contribution in [2.24, 2.45) is 5.73 Å². The van der Waals surface area contributed by atoms with Crippen molar-refractivity contribution in [1.29, 1.82) is 0 Å². The molecule has 0 aliphatic carbocycles. The lowest BCUT2D eigenvalue weighted by atomic mass is 10.1. The molecule has 0 heterocycles. The van der Waals surface area contributed by atoms with Crippen molar-refractivity contribution < 1.29 is 9.59 Å². The van der Waals surface area contributed by atoms with Gasteiger partial charge in [0.15, 0.2) is 0 Å². The number of amides is 2. The molecule has 88 valence electrons. The van der Waals surface area contributed by atoms with Crippen LogP contribution in [-0.4, -0.2) is 43.4 Å². The van der Waals surface area contributed by atoms with E-state index in [4.69, 9.17) is 5.73 Å². The lowest BCUT2D eigenvalue weighted by Crippen LogP contribution is -2.36. The van der Waals surface area contributed by atoms with Crippen molar-refractivity contribution in [2.45, 2.75) is 32.2 Å². The van der Waals surface area contributed by atoms with Crippen LogP contribution >= 0.6 is 0 Å². The largest absolute Gasteiger partial charge is 0.358 e. The van der Waals surface area contributed by atoms with Gasteiger partial charge in [-0.25, -0.2) is 0 Å². The summed E-state index contributed by atoms with van der Waals surface area (Å²) in [6, 6.07) is 0.127. The van der Waals surface area contributed by atoms with E-state index in [0.717, 1.165) is 12.8 Å². The van der Waals surface area contributed by atoms with Crippen molar-refractivity contribution in [2.75, 3.05) is 20.6 Å². The van der Waals surface area contributed by atoms with E-state index in [2.05, 4.69) is 5.32 Å². The van der Waals surface area contributed by atoms with Gasteiger partial charge < -0.3 is 16.0 Å². The number of hydrogen-bond acceptors (Lipinski definition) is 3. The van der Waals surface area contributed by atoms with Crippen LogP contribution in [0.4, 0.5) is 0 Å². The standard InChI is InChI=1S/C10H21N3O2/c1-8(11)5-4-6-10(15)13(3)7-9(14)12-2/h8H,4-7,11H2,1-3H3,(H,12,14). The topological polar surface area (TPSA) is 75.4 Å². The van der Waals surface area contributed by atoms with Gasteiger partial charge in [0.1, 0.15) is 0 Å². The van der Waals surface area contributed by atoms with Crippen LogP contribution in [0.1, 0.15) is 26.2 Å². The minimum Gasteiger partial charge on any atom is -0.358 e. The molecular weight excluding hydrogens is 194 g/mol. The Hall–Kier alpha value is -1.10. The van der Waals surface area contributed by atoms with E-state index in [1.54, 1.807) is 14.1 Å². The number of nitrogens with one attached hydrogen (secondary N) is 1. The Labute approximate surface area is 91.0 Å². The first-order valence-electron chi connectivity index (χ1n) is 5.17. The van der Waals surface area contributed by atoms with Crippen LogP contribution in [-0.2, 0) is 9.59 Å². The summed E-state index contributed by atoms with van der Waals surface area (Å²) >= 11 is 0. The molecule has 5 nitrogen and oxygen atoms in total. The summed E-state index contributed by atoms with van der Waals surface area (Å²) in [4.78, 5) is 23.9. The van der Waals surface area contributed by atoms with Gasteiger partial charge in [0, 0.05) is 26.6 Å². The summed E-state index contributed by atoms with van der Waals surface area (Å²) in [5.74, 6) is -0.169. The predicted octanol–water partition coefficient (Wildman–Crippen LogP) is -0.292. The summed E-state index contributed by atoms with van der Waals surface area (Å²) in [6.45, 7) is 2.03. The normalized spacial score (nSPS) is 12.0. The second-order valence-corrected chi connectivity index (χ2v) is 3.79. The lowest BCUT2D eigenvalue weighted by Gasteiger charge is -2.16. The van der Waals surface area contributed by atoms with Crippen LogP contribution in [0, 0.1) is 0 Å². The minimum absolute atomic E-state index is 0.0146. The maximum atomic E-state index is 11.5. The first-order valence-corrected chi connectivity index (χ1v) is 5.17.